The zero-order chi connectivity index (χ0) is 13.0. The first-order chi connectivity index (χ1) is 8.69. The quantitative estimate of drug-likeness (QED) is 0.897. The molecule has 4 nitrogen and oxygen atoms in total. The molecule has 94 valence electrons. The van der Waals surface area contributed by atoms with Crippen molar-refractivity contribution in [3.63, 3.8) is 0 Å². The molecule has 0 atom stereocenters. The van der Waals surface area contributed by atoms with Gasteiger partial charge < -0.3 is 10.1 Å². The van der Waals surface area contributed by atoms with E-state index in [1.165, 1.54) is 5.56 Å². The number of rotatable bonds is 4. The normalized spacial score (nSPS) is 10.2. The van der Waals surface area contributed by atoms with Gasteiger partial charge >= 0.3 is 0 Å². The lowest BCUT2D eigenvalue weighted by Crippen LogP contribution is -2.03. The molecule has 0 aliphatic rings. The minimum absolute atomic E-state index is 0.725. The first kappa shape index (κ1) is 12.4. The van der Waals surface area contributed by atoms with Gasteiger partial charge in [0.25, 0.3) is 0 Å². The molecule has 18 heavy (non-hydrogen) atoms. The van der Waals surface area contributed by atoms with Crippen molar-refractivity contribution in [3.05, 3.63) is 47.4 Å². The molecule has 0 spiro atoms. The maximum Gasteiger partial charge on any atom is 0.145 e. The molecule has 1 heterocycles. The summed E-state index contributed by atoms with van der Waals surface area (Å²) in [6, 6.07) is 6.13. The fraction of sp³-hybridized carbons (Fsp3) is 0.286. The summed E-state index contributed by atoms with van der Waals surface area (Å²) in [6.45, 7) is 4.69. The van der Waals surface area contributed by atoms with Crippen molar-refractivity contribution >= 4 is 5.82 Å². The molecule has 0 bridgehead atoms. The Morgan fingerprint density at radius 1 is 1.22 bits per heavy atom. The number of ether oxygens (including phenoxy) is 1. The molecule has 0 saturated carbocycles. The average molecular weight is 243 g/mol. The minimum atomic E-state index is 0.725. The standard InChI is InChI=1S/C14H17N3O/c1-10-6-12(4-5-13(10)18-3)8-16-14-9-15-7-11(2)17-14/h4-7,9H,8H2,1-3H3,(H,16,17). The van der Waals surface area contributed by atoms with Crippen molar-refractivity contribution < 1.29 is 4.74 Å². The summed E-state index contributed by atoms with van der Waals surface area (Å²) in [5.74, 6) is 1.71. The Morgan fingerprint density at radius 3 is 2.72 bits per heavy atom. The van der Waals surface area contributed by atoms with Crippen LogP contribution in [0.4, 0.5) is 5.82 Å². The zero-order valence-electron chi connectivity index (χ0n) is 10.9. The van der Waals surface area contributed by atoms with Crippen LogP contribution in [-0.2, 0) is 6.54 Å². The maximum absolute atomic E-state index is 5.24. The van der Waals surface area contributed by atoms with Crippen LogP contribution in [0.25, 0.3) is 0 Å². The third-order valence-corrected chi connectivity index (χ3v) is 2.69. The number of nitrogens with one attached hydrogen (secondary N) is 1. The molecule has 0 radical (unpaired) electrons. The Kier molecular flexibility index (Phi) is 3.77. The SMILES string of the molecule is COc1ccc(CNc2cncc(C)n2)cc1C. The van der Waals surface area contributed by atoms with Gasteiger partial charge in [-0.1, -0.05) is 12.1 Å². The van der Waals surface area contributed by atoms with Gasteiger partial charge in [-0.15, -0.1) is 0 Å². The van der Waals surface area contributed by atoms with Gasteiger partial charge in [0.05, 0.1) is 19.0 Å². The van der Waals surface area contributed by atoms with E-state index in [4.69, 9.17) is 4.74 Å². The molecule has 1 aromatic heterocycles. The highest BCUT2D eigenvalue weighted by Crippen LogP contribution is 2.18. The molecule has 0 unspecified atom stereocenters. The number of aromatic nitrogens is 2. The lowest BCUT2D eigenvalue weighted by Gasteiger charge is -2.09. The van der Waals surface area contributed by atoms with E-state index in [2.05, 4.69) is 21.4 Å². The van der Waals surface area contributed by atoms with Crippen LogP contribution in [0, 0.1) is 13.8 Å². The number of benzene rings is 1. The monoisotopic (exact) mass is 243 g/mol. The maximum atomic E-state index is 5.24. The van der Waals surface area contributed by atoms with Crippen molar-refractivity contribution in [1.82, 2.24) is 9.97 Å². The number of anilines is 1. The summed E-state index contributed by atoms with van der Waals surface area (Å²) in [4.78, 5) is 8.44. The van der Waals surface area contributed by atoms with Crippen molar-refractivity contribution in [2.24, 2.45) is 0 Å². The van der Waals surface area contributed by atoms with Crippen molar-refractivity contribution in [3.8, 4) is 5.75 Å². The minimum Gasteiger partial charge on any atom is -0.496 e. The Bertz CT molecular complexity index is 540. The second-order valence-corrected chi connectivity index (χ2v) is 4.20. The summed E-state index contributed by atoms with van der Waals surface area (Å²) < 4.78 is 5.24. The Labute approximate surface area is 107 Å². The number of hydrogen-bond acceptors (Lipinski definition) is 4. The van der Waals surface area contributed by atoms with Crippen LogP contribution in [0.5, 0.6) is 5.75 Å². The first-order valence-corrected chi connectivity index (χ1v) is 5.85. The molecule has 2 aromatic rings. The summed E-state index contributed by atoms with van der Waals surface area (Å²) in [7, 11) is 1.68. The van der Waals surface area contributed by atoms with Gasteiger partial charge in [0.15, 0.2) is 0 Å². The average Bonchev–Trinajstić information content (AvgIpc) is 2.37. The number of nitrogens with zero attached hydrogens (tertiary/aromatic N) is 2. The lowest BCUT2D eigenvalue weighted by atomic mass is 10.1. The smallest absolute Gasteiger partial charge is 0.145 e. The zero-order valence-corrected chi connectivity index (χ0v) is 10.9. The van der Waals surface area contributed by atoms with Gasteiger partial charge in [-0.25, -0.2) is 4.98 Å². The van der Waals surface area contributed by atoms with E-state index in [1.54, 1.807) is 19.5 Å². The number of methoxy groups -OCH3 is 1. The second kappa shape index (κ2) is 5.49. The summed E-state index contributed by atoms with van der Waals surface area (Å²) >= 11 is 0. The van der Waals surface area contributed by atoms with Crippen LogP contribution in [0.2, 0.25) is 0 Å². The van der Waals surface area contributed by atoms with Gasteiger partial charge in [0.1, 0.15) is 11.6 Å². The van der Waals surface area contributed by atoms with Crippen LogP contribution in [0.15, 0.2) is 30.6 Å². The van der Waals surface area contributed by atoms with Crippen LogP contribution >= 0.6 is 0 Å². The Morgan fingerprint density at radius 2 is 2.06 bits per heavy atom. The first-order valence-electron chi connectivity index (χ1n) is 5.85. The Hall–Kier alpha value is -2.10. The molecule has 2 rings (SSSR count). The molecule has 0 aliphatic heterocycles. The van der Waals surface area contributed by atoms with Crippen molar-refractivity contribution in [2.75, 3.05) is 12.4 Å². The summed E-state index contributed by atoms with van der Waals surface area (Å²) in [5, 5.41) is 3.25. The summed E-state index contributed by atoms with van der Waals surface area (Å²) in [5.41, 5.74) is 3.23. The molecule has 0 aliphatic carbocycles. The largest absolute Gasteiger partial charge is 0.496 e. The van der Waals surface area contributed by atoms with Crippen LogP contribution < -0.4 is 10.1 Å². The van der Waals surface area contributed by atoms with E-state index in [0.29, 0.717) is 0 Å². The van der Waals surface area contributed by atoms with Gasteiger partial charge in [0, 0.05) is 12.7 Å². The molecule has 0 saturated heterocycles. The lowest BCUT2D eigenvalue weighted by molar-refractivity contribution is 0.411. The third-order valence-electron chi connectivity index (χ3n) is 2.69. The molecule has 1 N–H and O–H groups in total. The number of aryl methyl sites for hydroxylation is 2. The van der Waals surface area contributed by atoms with E-state index >= 15 is 0 Å². The fourth-order valence-electron chi connectivity index (χ4n) is 1.79. The fourth-order valence-corrected chi connectivity index (χ4v) is 1.79. The van der Waals surface area contributed by atoms with Gasteiger partial charge in [0.2, 0.25) is 0 Å². The van der Waals surface area contributed by atoms with E-state index in [-0.39, 0.29) is 0 Å². The van der Waals surface area contributed by atoms with E-state index in [1.807, 2.05) is 26.0 Å². The van der Waals surface area contributed by atoms with Crippen LogP contribution in [0.3, 0.4) is 0 Å². The highest BCUT2D eigenvalue weighted by atomic mass is 16.5. The third kappa shape index (κ3) is 2.97. The molecular formula is C14H17N3O. The summed E-state index contributed by atoms with van der Waals surface area (Å²) in [6.07, 6.45) is 3.46. The van der Waals surface area contributed by atoms with Crippen LogP contribution in [0.1, 0.15) is 16.8 Å². The highest BCUT2D eigenvalue weighted by molar-refractivity contribution is 5.39. The number of hydrogen-bond donors (Lipinski definition) is 1. The van der Waals surface area contributed by atoms with Crippen molar-refractivity contribution in [1.29, 1.82) is 0 Å². The molecule has 4 heteroatoms. The highest BCUT2D eigenvalue weighted by Gasteiger charge is 2.00. The molecule has 1 aromatic carbocycles. The molecule has 0 amide bonds. The predicted molar refractivity (Wildman–Crippen MR) is 71.8 cm³/mol. The molecular weight excluding hydrogens is 226 g/mol. The second-order valence-electron chi connectivity index (χ2n) is 4.20. The van der Waals surface area contributed by atoms with E-state index in [9.17, 15) is 0 Å². The predicted octanol–water partition coefficient (Wildman–Crippen LogP) is 2.71. The van der Waals surface area contributed by atoms with E-state index < -0.39 is 0 Å². The van der Waals surface area contributed by atoms with Crippen LogP contribution in [-0.4, -0.2) is 17.1 Å². The van der Waals surface area contributed by atoms with Crippen molar-refractivity contribution in [2.45, 2.75) is 20.4 Å². The van der Waals surface area contributed by atoms with E-state index in [0.717, 1.165) is 29.4 Å². The van der Waals surface area contributed by atoms with Gasteiger partial charge in [-0.05, 0) is 31.0 Å². The topological polar surface area (TPSA) is 47.0 Å². The Balaban J connectivity index is 2.04. The molecule has 0 fully saturated rings. The van der Waals surface area contributed by atoms with Gasteiger partial charge in [-0.3, -0.25) is 4.98 Å². The van der Waals surface area contributed by atoms with Gasteiger partial charge in [-0.2, -0.15) is 0 Å².